The number of benzene rings is 2. The first-order valence-corrected chi connectivity index (χ1v) is 8.65. The molecule has 0 aromatic heterocycles. The van der Waals surface area contributed by atoms with Crippen molar-refractivity contribution in [3.05, 3.63) is 69.2 Å². The lowest BCUT2D eigenvalue weighted by molar-refractivity contribution is 0.549. The van der Waals surface area contributed by atoms with Crippen LogP contribution in [0.5, 0.6) is 0 Å². The van der Waals surface area contributed by atoms with E-state index in [4.69, 9.17) is 0 Å². The van der Waals surface area contributed by atoms with Crippen molar-refractivity contribution >= 4 is 15.9 Å². The van der Waals surface area contributed by atoms with E-state index in [9.17, 15) is 0 Å². The van der Waals surface area contributed by atoms with Crippen LogP contribution in [0.25, 0.3) is 0 Å². The van der Waals surface area contributed by atoms with Crippen LogP contribution in [0.1, 0.15) is 41.6 Å². The third-order valence-electron chi connectivity index (χ3n) is 4.33. The minimum Gasteiger partial charge on any atom is -0.310 e. The first kappa shape index (κ1) is 14.8. The maximum Gasteiger partial charge on any atom is 0.0360 e. The van der Waals surface area contributed by atoms with E-state index < -0.39 is 0 Å². The highest BCUT2D eigenvalue weighted by molar-refractivity contribution is 9.10. The summed E-state index contributed by atoms with van der Waals surface area (Å²) in [6.07, 6.45) is 4.90. The molecular formula is C19H22BrN. The third kappa shape index (κ3) is 3.56. The molecule has 0 aliphatic heterocycles. The van der Waals surface area contributed by atoms with Gasteiger partial charge in [0, 0.05) is 10.5 Å². The van der Waals surface area contributed by atoms with Gasteiger partial charge in [0.15, 0.2) is 0 Å². The minimum absolute atomic E-state index is 0.391. The SMILES string of the molecule is CCNC(Cc1ccc2c(c1)CCC2)c1ccc(Br)cc1. The van der Waals surface area contributed by atoms with E-state index in [0.29, 0.717) is 6.04 Å². The monoisotopic (exact) mass is 343 g/mol. The molecule has 0 radical (unpaired) electrons. The first-order valence-electron chi connectivity index (χ1n) is 7.86. The Morgan fingerprint density at radius 2 is 1.81 bits per heavy atom. The summed E-state index contributed by atoms with van der Waals surface area (Å²) in [5.41, 5.74) is 5.94. The average molecular weight is 344 g/mol. The van der Waals surface area contributed by atoms with Gasteiger partial charge in [-0.2, -0.15) is 0 Å². The molecule has 0 saturated carbocycles. The first-order chi connectivity index (χ1) is 10.3. The zero-order valence-corrected chi connectivity index (χ0v) is 14.1. The number of hydrogen-bond acceptors (Lipinski definition) is 1. The van der Waals surface area contributed by atoms with Crippen LogP contribution in [0.4, 0.5) is 0 Å². The molecule has 3 rings (SSSR count). The van der Waals surface area contributed by atoms with Gasteiger partial charge in [-0.15, -0.1) is 0 Å². The molecule has 2 aromatic rings. The number of rotatable bonds is 5. The number of likely N-dealkylation sites (N-methyl/N-ethyl adjacent to an activating group) is 1. The van der Waals surface area contributed by atoms with E-state index in [1.54, 1.807) is 11.1 Å². The third-order valence-corrected chi connectivity index (χ3v) is 4.85. The Hall–Kier alpha value is -1.12. The van der Waals surface area contributed by atoms with E-state index in [1.807, 2.05) is 0 Å². The fourth-order valence-electron chi connectivity index (χ4n) is 3.24. The molecule has 0 saturated heterocycles. The largest absolute Gasteiger partial charge is 0.310 e. The predicted octanol–water partition coefficient (Wildman–Crippen LogP) is 4.83. The molecule has 1 unspecified atom stereocenters. The number of halogens is 1. The molecule has 1 atom stereocenters. The van der Waals surface area contributed by atoms with Crippen LogP contribution in [0.2, 0.25) is 0 Å². The molecule has 0 bridgehead atoms. The number of nitrogens with one attached hydrogen (secondary N) is 1. The van der Waals surface area contributed by atoms with Crippen LogP contribution in [-0.2, 0) is 19.3 Å². The van der Waals surface area contributed by atoms with Crippen LogP contribution in [0.15, 0.2) is 46.9 Å². The number of hydrogen-bond donors (Lipinski definition) is 1. The summed E-state index contributed by atoms with van der Waals surface area (Å²) in [5.74, 6) is 0. The standard InChI is InChI=1S/C19H22BrN/c1-2-21-19(16-8-10-18(20)11-9-16)13-14-6-7-15-4-3-5-17(15)12-14/h6-12,19,21H,2-5,13H2,1H3. The molecular weight excluding hydrogens is 322 g/mol. The predicted molar refractivity (Wildman–Crippen MR) is 92.7 cm³/mol. The molecule has 1 aliphatic carbocycles. The van der Waals surface area contributed by atoms with Gasteiger partial charge in [0.1, 0.15) is 0 Å². The summed E-state index contributed by atoms with van der Waals surface area (Å²) in [4.78, 5) is 0. The zero-order chi connectivity index (χ0) is 14.7. The highest BCUT2D eigenvalue weighted by Crippen LogP contribution is 2.26. The van der Waals surface area contributed by atoms with Crippen LogP contribution in [-0.4, -0.2) is 6.54 Å². The maximum absolute atomic E-state index is 3.62. The van der Waals surface area contributed by atoms with Crippen LogP contribution in [0, 0.1) is 0 Å². The lowest BCUT2D eigenvalue weighted by atomic mass is 9.96. The molecule has 1 aliphatic rings. The molecule has 0 amide bonds. The van der Waals surface area contributed by atoms with Gasteiger partial charge in [-0.1, -0.05) is 53.2 Å². The van der Waals surface area contributed by atoms with Gasteiger partial charge in [0.2, 0.25) is 0 Å². The second-order valence-electron chi connectivity index (χ2n) is 5.82. The quantitative estimate of drug-likeness (QED) is 0.819. The Bertz CT molecular complexity index is 603. The van der Waals surface area contributed by atoms with E-state index in [2.05, 4.69) is 70.6 Å². The summed E-state index contributed by atoms with van der Waals surface area (Å²) < 4.78 is 1.14. The second-order valence-corrected chi connectivity index (χ2v) is 6.74. The van der Waals surface area contributed by atoms with E-state index in [1.165, 1.54) is 30.4 Å². The highest BCUT2D eigenvalue weighted by Gasteiger charge is 2.14. The lowest BCUT2D eigenvalue weighted by Gasteiger charge is -2.19. The van der Waals surface area contributed by atoms with E-state index in [0.717, 1.165) is 17.4 Å². The van der Waals surface area contributed by atoms with Gasteiger partial charge in [-0.05, 0) is 66.6 Å². The van der Waals surface area contributed by atoms with Crippen molar-refractivity contribution in [2.75, 3.05) is 6.54 Å². The molecule has 0 heterocycles. The van der Waals surface area contributed by atoms with Crippen molar-refractivity contribution in [2.24, 2.45) is 0 Å². The Labute approximate surface area is 135 Å². The van der Waals surface area contributed by atoms with Crippen LogP contribution >= 0.6 is 15.9 Å². The maximum atomic E-state index is 3.62. The minimum atomic E-state index is 0.391. The normalized spacial score (nSPS) is 15.0. The molecule has 110 valence electrons. The topological polar surface area (TPSA) is 12.0 Å². The fraction of sp³-hybridized carbons (Fsp3) is 0.368. The Balaban J connectivity index is 1.80. The fourth-order valence-corrected chi connectivity index (χ4v) is 3.50. The van der Waals surface area contributed by atoms with Crippen LogP contribution in [0.3, 0.4) is 0 Å². The van der Waals surface area contributed by atoms with Crippen molar-refractivity contribution in [3.63, 3.8) is 0 Å². The summed E-state index contributed by atoms with van der Waals surface area (Å²) >= 11 is 3.51. The zero-order valence-electron chi connectivity index (χ0n) is 12.5. The summed E-state index contributed by atoms with van der Waals surface area (Å²) in [6, 6.07) is 16.1. The van der Waals surface area contributed by atoms with E-state index >= 15 is 0 Å². The van der Waals surface area contributed by atoms with Crippen molar-refractivity contribution in [1.82, 2.24) is 5.32 Å². The Kier molecular flexibility index (Phi) is 4.77. The molecule has 2 heteroatoms. The highest BCUT2D eigenvalue weighted by atomic mass is 79.9. The number of aryl methyl sites for hydroxylation is 2. The smallest absolute Gasteiger partial charge is 0.0360 e. The van der Waals surface area contributed by atoms with Gasteiger partial charge >= 0.3 is 0 Å². The summed E-state index contributed by atoms with van der Waals surface area (Å²) in [5, 5.41) is 3.62. The number of fused-ring (bicyclic) bond motifs is 1. The van der Waals surface area contributed by atoms with Gasteiger partial charge in [-0.25, -0.2) is 0 Å². The van der Waals surface area contributed by atoms with Crippen molar-refractivity contribution in [2.45, 2.75) is 38.6 Å². The summed E-state index contributed by atoms with van der Waals surface area (Å²) in [6.45, 7) is 3.17. The molecule has 0 spiro atoms. The molecule has 1 nitrogen and oxygen atoms in total. The lowest BCUT2D eigenvalue weighted by Crippen LogP contribution is -2.23. The van der Waals surface area contributed by atoms with Crippen molar-refractivity contribution < 1.29 is 0 Å². The molecule has 0 fully saturated rings. The molecule has 2 aromatic carbocycles. The molecule has 1 N–H and O–H groups in total. The van der Waals surface area contributed by atoms with Gasteiger partial charge in [0.25, 0.3) is 0 Å². The van der Waals surface area contributed by atoms with Gasteiger partial charge < -0.3 is 5.32 Å². The molecule has 21 heavy (non-hydrogen) atoms. The van der Waals surface area contributed by atoms with Gasteiger partial charge in [0.05, 0.1) is 0 Å². The Morgan fingerprint density at radius 3 is 2.57 bits per heavy atom. The van der Waals surface area contributed by atoms with Crippen molar-refractivity contribution in [1.29, 1.82) is 0 Å². The van der Waals surface area contributed by atoms with Gasteiger partial charge in [-0.3, -0.25) is 0 Å². The second kappa shape index (κ2) is 6.76. The summed E-state index contributed by atoms with van der Waals surface area (Å²) in [7, 11) is 0. The van der Waals surface area contributed by atoms with E-state index in [-0.39, 0.29) is 0 Å². The Morgan fingerprint density at radius 1 is 1.05 bits per heavy atom. The average Bonchev–Trinajstić information content (AvgIpc) is 2.95. The van der Waals surface area contributed by atoms with Crippen molar-refractivity contribution in [3.8, 4) is 0 Å². The van der Waals surface area contributed by atoms with Crippen LogP contribution < -0.4 is 5.32 Å².